The first kappa shape index (κ1) is 14.2. The molecule has 0 aliphatic rings. The van der Waals surface area contributed by atoms with E-state index in [0.717, 1.165) is 11.1 Å². The Kier molecular flexibility index (Phi) is 4.89. The van der Waals surface area contributed by atoms with Crippen molar-refractivity contribution in [1.82, 2.24) is 5.32 Å². The number of rotatable bonds is 5. The van der Waals surface area contributed by atoms with Crippen molar-refractivity contribution in [3.8, 4) is 0 Å². The zero-order chi connectivity index (χ0) is 13.7. The molecule has 1 amide bonds. The first-order valence-electron chi connectivity index (χ1n) is 6.00. The molecule has 0 fully saturated rings. The van der Waals surface area contributed by atoms with Crippen LogP contribution in [-0.2, 0) is 4.79 Å². The Labute approximate surface area is 107 Å². The number of hydrogen-bond acceptors (Lipinski definition) is 2. The second-order valence-corrected chi connectivity index (χ2v) is 4.63. The molecular formula is C14H19NO3. The minimum Gasteiger partial charge on any atom is -0.481 e. The second-order valence-electron chi connectivity index (χ2n) is 4.63. The van der Waals surface area contributed by atoms with E-state index in [1.54, 1.807) is 6.07 Å². The van der Waals surface area contributed by atoms with E-state index in [9.17, 15) is 9.59 Å². The Morgan fingerprint density at radius 2 is 2.00 bits per heavy atom. The smallest absolute Gasteiger partial charge is 0.303 e. The predicted molar refractivity (Wildman–Crippen MR) is 69.7 cm³/mol. The molecule has 98 valence electrons. The fourth-order valence-electron chi connectivity index (χ4n) is 1.78. The normalized spacial score (nSPS) is 11.9. The standard InChI is InChI=1S/C14H19NO3/c1-9-4-6-12(10(2)8-9)14(18)15-11(3)5-7-13(16)17/h4,6,8,11H,5,7H2,1-3H3,(H,15,18)(H,16,17). The number of carbonyl (C=O) groups excluding carboxylic acids is 1. The molecule has 4 heteroatoms. The molecule has 0 aromatic heterocycles. The SMILES string of the molecule is Cc1ccc(C(=O)NC(C)CCC(=O)O)c(C)c1. The van der Waals surface area contributed by atoms with Crippen LogP contribution in [0, 0.1) is 13.8 Å². The Bertz CT molecular complexity index is 454. The lowest BCUT2D eigenvalue weighted by Gasteiger charge is -2.14. The second kappa shape index (κ2) is 6.19. The van der Waals surface area contributed by atoms with Crippen molar-refractivity contribution < 1.29 is 14.7 Å². The minimum atomic E-state index is -0.845. The monoisotopic (exact) mass is 249 g/mol. The van der Waals surface area contributed by atoms with Gasteiger partial charge in [0.05, 0.1) is 0 Å². The predicted octanol–water partition coefficient (Wildman–Crippen LogP) is 2.29. The van der Waals surface area contributed by atoms with E-state index in [2.05, 4.69) is 5.32 Å². The van der Waals surface area contributed by atoms with Crippen LogP contribution >= 0.6 is 0 Å². The van der Waals surface area contributed by atoms with Crippen molar-refractivity contribution in [2.24, 2.45) is 0 Å². The third kappa shape index (κ3) is 4.20. The zero-order valence-electron chi connectivity index (χ0n) is 11.0. The molecule has 0 radical (unpaired) electrons. The molecule has 0 saturated heterocycles. The van der Waals surface area contributed by atoms with Crippen molar-refractivity contribution in [2.45, 2.75) is 39.7 Å². The molecule has 2 N–H and O–H groups in total. The molecule has 0 saturated carbocycles. The van der Waals surface area contributed by atoms with Crippen molar-refractivity contribution in [2.75, 3.05) is 0 Å². The van der Waals surface area contributed by atoms with Crippen LogP contribution in [0.5, 0.6) is 0 Å². The Balaban J connectivity index is 2.62. The summed E-state index contributed by atoms with van der Waals surface area (Å²) in [7, 11) is 0. The molecule has 18 heavy (non-hydrogen) atoms. The van der Waals surface area contributed by atoms with Crippen LogP contribution in [0.25, 0.3) is 0 Å². The first-order valence-corrected chi connectivity index (χ1v) is 6.00. The van der Waals surface area contributed by atoms with Gasteiger partial charge in [0.1, 0.15) is 0 Å². The number of carbonyl (C=O) groups is 2. The van der Waals surface area contributed by atoms with Gasteiger partial charge in [0.15, 0.2) is 0 Å². The lowest BCUT2D eigenvalue weighted by molar-refractivity contribution is -0.137. The summed E-state index contributed by atoms with van der Waals surface area (Å²) in [5, 5.41) is 11.4. The van der Waals surface area contributed by atoms with E-state index in [1.165, 1.54) is 0 Å². The highest BCUT2D eigenvalue weighted by molar-refractivity contribution is 5.95. The van der Waals surface area contributed by atoms with Crippen LogP contribution in [-0.4, -0.2) is 23.0 Å². The lowest BCUT2D eigenvalue weighted by Crippen LogP contribution is -2.33. The highest BCUT2D eigenvalue weighted by atomic mass is 16.4. The first-order chi connectivity index (χ1) is 8.40. The summed E-state index contributed by atoms with van der Waals surface area (Å²) in [6.45, 7) is 5.68. The van der Waals surface area contributed by atoms with Gasteiger partial charge in [-0.15, -0.1) is 0 Å². The topological polar surface area (TPSA) is 66.4 Å². The Morgan fingerprint density at radius 3 is 2.56 bits per heavy atom. The van der Waals surface area contributed by atoms with E-state index in [0.29, 0.717) is 12.0 Å². The van der Waals surface area contributed by atoms with Gasteiger partial charge >= 0.3 is 5.97 Å². The maximum atomic E-state index is 12.0. The molecule has 0 bridgehead atoms. The Morgan fingerprint density at radius 1 is 1.33 bits per heavy atom. The van der Waals surface area contributed by atoms with Gasteiger partial charge in [-0.1, -0.05) is 17.7 Å². The number of amides is 1. The summed E-state index contributed by atoms with van der Waals surface area (Å²) < 4.78 is 0. The maximum absolute atomic E-state index is 12.0. The molecule has 0 heterocycles. The average Bonchev–Trinajstić information content (AvgIpc) is 2.26. The molecule has 1 unspecified atom stereocenters. The largest absolute Gasteiger partial charge is 0.481 e. The van der Waals surface area contributed by atoms with Gasteiger partial charge in [-0.2, -0.15) is 0 Å². The van der Waals surface area contributed by atoms with Gasteiger partial charge in [0.2, 0.25) is 0 Å². The third-order valence-electron chi connectivity index (χ3n) is 2.80. The molecule has 1 atom stereocenters. The van der Waals surface area contributed by atoms with Crippen LogP contribution in [0.2, 0.25) is 0 Å². The van der Waals surface area contributed by atoms with Crippen LogP contribution < -0.4 is 5.32 Å². The van der Waals surface area contributed by atoms with Crippen LogP contribution in [0.15, 0.2) is 18.2 Å². The molecule has 0 aliphatic heterocycles. The molecule has 1 rings (SSSR count). The molecule has 1 aromatic rings. The van der Waals surface area contributed by atoms with Crippen LogP contribution in [0.4, 0.5) is 0 Å². The van der Waals surface area contributed by atoms with Crippen molar-refractivity contribution in [3.05, 3.63) is 34.9 Å². The fraction of sp³-hybridized carbons (Fsp3) is 0.429. The van der Waals surface area contributed by atoms with E-state index in [1.807, 2.05) is 32.9 Å². The number of benzene rings is 1. The average molecular weight is 249 g/mol. The van der Waals surface area contributed by atoms with Gasteiger partial charge in [-0.05, 0) is 38.8 Å². The Hall–Kier alpha value is -1.84. The fourth-order valence-corrected chi connectivity index (χ4v) is 1.78. The lowest BCUT2D eigenvalue weighted by atomic mass is 10.0. The summed E-state index contributed by atoms with van der Waals surface area (Å²) in [6.07, 6.45) is 0.500. The molecule has 1 aromatic carbocycles. The quantitative estimate of drug-likeness (QED) is 0.841. The number of hydrogen-bond donors (Lipinski definition) is 2. The summed E-state index contributed by atoms with van der Waals surface area (Å²) in [5.41, 5.74) is 2.68. The van der Waals surface area contributed by atoms with Crippen molar-refractivity contribution >= 4 is 11.9 Å². The van der Waals surface area contributed by atoms with Crippen LogP contribution in [0.3, 0.4) is 0 Å². The van der Waals surface area contributed by atoms with Gasteiger partial charge in [-0.25, -0.2) is 0 Å². The van der Waals surface area contributed by atoms with E-state index >= 15 is 0 Å². The molecular weight excluding hydrogens is 230 g/mol. The number of aryl methyl sites for hydroxylation is 2. The molecule has 0 spiro atoms. The highest BCUT2D eigenvalue weighted by Gasteiger charge is 2.12. The van der Waals surface area contributed by atoms with E-state index < -0.39 is 5.97 Å². The van der Waals surface area contributed by atoms with Crippen molar-refractivity contribution in [1.29, 1.82) is 0 Å². The number of carboxylic acids is 1. The van der Waals surface area contributed by atoms with E-state index in [-0.39, 0.29) is 18.4 Å². The number of nitrogens with one attached hydrogen (secondary N) is 1. The highest BCUT2D eigenvalue weighted by Crippen LogP contribution is 2.11. The van der Waals surface area contributed by atoms with Gasteiger partial charge in [-0.3, -0.25) is 9.59 Å². The van der Waals surface area contributed by atoms with Gasteiger partial charge < -0.3 is 10.4 Å². The van der Waals surface area contributed by atoms with Crippen molar-refractivity contribution in [3.63, 3.8) is 0 Å². The third-order valence-corrected chi connectivity index (χ3v) is 2.80. The molecule has 4 nitrogen and oxygen atoms in total. The van der Waals surface area contributed by atoms with Crippen LogP contribution in [0.1, 0.15) is 41.3 Å². The summed E-state index contributed by atoms with van der Waals surface area (Å²) in [4.78, 5) is 22.4. The number of aliphatic carboxylic acids is 1. The van der Waals surface area contributed by atoms with Gasteiger partial charge in [0, 0.05) is 18.0 Å². The summed E-state index contributed by atoms with van der Waals surface area (Å²) in [6, 6.07) is 5.50. The number of carboxylic acid groups (broad SMARTS) is 1. The summed E-state index contributed by atoms with van der Waals surface area (Å²) >= 11 is 0. The maximum Gasteiger partial charge on any atom is 0.303 e. The molecule has 0 aliphatic carbocycles. The van der Waals surface area contributed by atoms with E-state index in [4.69, 9.17) is 5.11 Å². The van der Waals surface area contributed by atoms with Gasteiger partial charge in [0.25, 0.3) is 5.91 Å². The minimum absolute atomic E-state index is 0.0638. The zero-order valence-corrected chi connectivity index (χ0v) is 11.0. The summed E-state index contributed by atoms with van der Waals surface area (Å²) in [5.74, 6) is -0.993.